The fourth-order valence-corrected chi connectivity index (χ4v) is 3.25. The van der Waals surface area contributed by atoms with Crippen molar-refractivity contribution < 1.29 is 14.3 Å². The largest absolute Gasteiger partial charge is 0.465 e. The van der Waals surface area contributed by atoms with Gasteiger partial charge in [-0.2, -0.15) is 0 Å². The zero-order chi connectivity index (χ0) is 20.1. The number of aryl methyl sites for hydroxylation is 1. The number of carbonyl (C=O) groups excluding carboxylic acids is 2. The van der Waals surface area contributed by atoms with Gasteiger partial charge in [0.1, 0.15) is 5.69 Å². The van der Waals surface area contributed by atoms with Crippen LogP contribution in [0.2, 0.25) is 0 Å². The van der Waals surface area contributed by atoms with Crippen molar-refractivity contribution in [3.63, 3.8) is 0 Å². The molecule has 3 aromatic rings. The first-order chi connectivity index (χ1) is 13.6. The van der Waals surface area contributed by atoms with Gasteiger partial charge in [0.25, 0.3) is 5.91 Å². The second-order valence-electron chi connectivity index (χ2n) is 6.40. The second kappa shape index (κ2) is 8.52. The Bertz CT molecular complexity index is 926. The molecule has 6 heteroatoms. The lowest BCUT2D eigenvalue weighted by Crippen LogP contribution is -2.30. The van der Waals surface area contributed by atoms with Gasteiger partial charge in [-0.3, -0.25) is 9.78 Å². The summed E-state index contributed by atoms with van der Waals surface area (Å²) in [5.74, 6) is -0.754. The number of esters is 1. The molecular weight excluding hydrogens is 354 g/mol. The summed E-state index contributed by atoms with van der Waals surface area (Å²) in [5.41, 5.74) is 3.69. The molecule has 1 aromatic carbocycles. The summed E-state index contributed by atoms with van der Waals surface area (Å²) in [6.45, 7) is 3.66. The number of ether oxygens (including phenoxy) is 1. The van der Waals surface area contributed by atoms with Crippen LogP contribution in [0.4, 0.5) is 0 Å². The van der Waals surface area contributed by atoms with Crippen LogP contribution in [0.1, 0.15) is 56.3 Å². The molecule has 0 spiro atoms. The number of aromatic amines is 1. The van der Waals surface area contributed by atoms with Gasteiger partial charge < -0.3 is 15.0 Å². The summed E-state index contributed by atoms with van der Waals surface area (Å²) in [4.78, 5) is 32.7. The van der Waals surface area contributed by atoms with Gasteiger partial charge in [0, 0.05) is 11.9 Å². The molecule has 0 radical (unpaired) electrons. The minimum atomic E-state index is -0.450. The van der Waals surface area contributed by atoms with Crippen molar-refractivity contribution in [2.24, 2.45) is 0 Å². The lowest BCUT2D eigenvalue weighted by molar-refractivity contribution is 0.0599. The highest BCUT2D eigenvalue weighted by Gasteiger charge is 2.26. The number of benzene rings is 1. The second-order valence-corrected chi connectivity index (χ2v) is 6.40. The minimum absolute atomic E-state index is 0.304. The maximum Gasteiger partial charge on any atom is 0.339 e. The maximum atomic E-state index is 13.1. The Hall–Kier alpha value is -3.41. The average Bonchev–Trinajstić information content (AvgIpc) is 3.09. The molecule has 0 saturated carbocycles. The van der Waals surface area contributed by atoms with Gasteiger partial charge in [-0.1, -0.05) is 43.3 Å². The maximum absolute atomic E-state index is 13.1. The Kier molecular flexibility index (Phi) is 5.89. The standard InChI is InChI=1S/C22H23N3O3/c1-4-16-18(22(27)28-3)14(2)19(24-16)21(26)25-20(15-10-6-5-7-11-15)17-12-8-9-13-23-17/h5-13,20,24H,4H2,1-3H3,(H,25,26). The van der Waals surface area contributed by atoms with Gasteiger partial charge in [-0.15, -0.1) is 0 Å². The first-order valence-electron chi connectivity index (χ1n) is 9.13. The molecule has 0 aliphatic carbocycles. The molecular formula is C22H23N3O3. The van der Waals surface area contributed by atoms with Crippen LogP contribution >= 0.6 is 0 Å². The predicted molar refractivity (Wildman–Crippen MR) is 106 cm³/mol. The highest BCUT2D eigenvalue weighted by Crippen LogP contribution is 2.24. The van der Waals surface area contributed by atoms with E-state index in [1.165, 1.54) is 7.11 Å². The molecule has 2 aromatic heterocycles. The molecule has 0 saturated heterocycles. The van der Waals surface area contributed by atoms with Crippen molar-refractivity contribution in [3.8, 4) is 0 Å². The van der Waals surface area contributed by atoms with Crippen molar-refractivity contribution in [2.75, 3.05) is 7.11 Å². The van der Waals surface area contributed by atoms with Gasteiger partial charge >= 0.3 is 5.97 Å². The van der Waals surface area contributed by atoms with Crippen LogP contribution in [-0.2, 0) is 11.2 Å². The number of nitrogens with one attached hydrogen (secondary N) is 2. The van der Waals surface area contributed by atoms with E-state index in [1.807, 2.05) is 55.5 Å². The normalized spacial score (nSPS) is 11.7. The van der Waals surface area contributed by atoms with Crippen molar-refractivity contribution in [3.05, 3.63) is 88.5 Å². The molecule has 0 aliphatic rings. The van der Waals surface area contributed by atoms with Crippen molar-refractivity contribution in [1.29, 1.82) is 0 Å². The number of methoxy groups -OCH3 is 1. The Morgan fingerprint density at radius 1 is 1.14 bits per heavy atom. The quantitative estimate of drug-likeness (QED) is 0.643. The van der Waals surface area contributed by atoms with Crippen molar-refractivity contribution in [1.82, 2.24) is 15.3 Å². The molecule has 1 unspecified atom stereocenters. The van der Waals surface area contributed by atoms with Crippen LogP contribution in [0.25, 0.3) is 0 Å². The topological polar surface area (TPSA) is 84.1 Å². The van der Waals surface area contributed by atoms with Crippen LogP contribution in [0.15, 0.2) is 54.7 Å². The fraction of sp³-hybridized carbons (Fsp3) is 0.227. The summed E-state index contributed by atoms with van der Waals surface area (Å²) >= 11 is 0. The highest BCUT2D eigenvalue weighted by atomic mass is 16.5. The third-order valence-corrected chi connectivity index (χ3v) is 4.69. The predicted octanol–water partition coefficient (Wildman–Crippen LogP) is 3.59. The molecule has 1 amide bonds. The van der Waals surface area contributed by atoms with Crippen LogP contribution < -0.4 is 5.32 Å². The monoisotopic (exact) mass is 377 g/mol. The SMILES string of the molecule is CCc1[nH]c(C(=O)NC(c2ccccc2)c2ccccn2)c(C)c1C(=O)OC. The van der Waals surface area contributed by atoms with E-state index in [0.717, 1.165) is 11.3 Å². The van der Waals surface area contributed by atoms with E-state index in [-0.39, 0.29) is 5.91 Å². The fourth-order valence-electron chi connectivity index (χ4n) is 3.25. The first-order valence-corrected chi connectivity index (χ1v) is 9.13. The van der Waals surface area contributed by atoms with Gasteiger partial charge in [0.15, 0.2) is 0 Å². The number of rotatable bonds is 6. The molecule has 0 aliphatic heterocycles. The Balaban J connectivity index is 1.97. The summed E-state index contributed by atoms with van der Waals surface area (Å²) < 4.78 is 4.87. The number of pyridine rings is 1. The molecule has 0 fully saturated rings. The lowest BCUT2D eigenvalue weighted by atomic mass is 10.0. The Morgan fingerprint density at radius 2 is 1.86 bits per heavy atom. The molecule has 1 atom stereocenters. The third kappa shape index (κ3) is 3.81. The smallest absolute Gasteiger partial charge is 0.339 e. The first kappa shape index (κ1) is 19.4. The van der Waals surface area contributed by atoms with E-state index in [2.05, 4.69) is 15.3 Å². The third-order valence-electron chi connectivity index (χ3n) is 4.69. The van der Waals surface area contributed by atoms with E-state index < -0.39 is 12.0 Å². The number of carbonyl (C=O) groups is 2. The van der Waals surface area contributed by atoms with E-state index >= 15 is 0 Å². The van der Waals surface area contributed by atoms with Crippen molar-refractivity contribution >= 4 is 11.9 Å². The van der Waals surface area contributed by atoms with Gasteiger partial charge in [0.05, 0.1) is 24.4 Å². The van der Waals surface area contributed by atoms with Crippen LogP contribution in [0, 0.1) is 6.92 Å². The zero-order valence-electron chi connectivity index (χ0n) is 16.2. The van der Waals surface area contributed by atoms with Gasteiger partial charge in [-0.25, -0.2) is 4.79 Å². The molecule has 3 rings (SSSR count). The molecule has 0 bridgehead atoms. The number of amides is 1. The van der Waals surface area contributed by atoms with Gasteiger partial charge in [0.2, 0.25) is 0 Å². The number of aromatic nitrogens is 2. The summed E-state index contributed by atoms with van der Waals surface area (Å²) in [5, 5.41) is 3.04. The van der Waals surface area contributed by atoms with Crippen molar-refractivity contribution in [2.45, 2.75) is 26.3 Å². The van der Waals surface area contributed by atoms with E-state index in [1.54, 1.807) is 13.1 Å². The minimum Gasteiger partial charge on any atom is -0.465 e. The van der Waals surface area contributed by atoms with E-state index in [0.29, 0.717) is 28.9 Å². The van der Waals surface area contributed by atoms with Gasteiger partial charge in [-0.05, 0) is 36.6 Å². The van der Waals surface area contributed by atoms with Crippen LogP contribution in [0.5, 0.6) is 0 Å². The van der Waals surface area contributed by atoms with Crippen LogP contribution in [-0.4, -0.2) is 29.0 Å². The molecule has 28 heavy (non-hydrogen) atoms. The van der Waals surface area contributed by atoms with E-state index in [4.69, 9.17) is 4.74 Å². The molecule has 2 N–H and O–H groups in total. The van der Waals surface area contributed by atoms with E-state index in [9.17, 15) is 9.59 Å². The highest BCUT2D eigenvalue weighted by molar-refractivity contribution is 6.00. The summed E-state index contributed by atoms with van der Waals surface area (Å²) in [6, 6.07) is 14.8. The molecule has 6 nitrogen and oxygen atoms in total. The average molecular weight is 377 g/mol. The Labute approximate surface area is 164 Å². The molecule has 144 valence electrons. The molecule has 2 heterocycles. The zero-order valence-corrected chi connectivity index (χ0v) is 16.2. The number of hydrogen-bond donors (Lipinski definition) is 2. The number of nitrogens with zero attached hydrogens (tertiary/aromatic N) is 1. The Morgan fingerprint density at radius 3 is 2.46 bits per heavy atom. The summed E-state index contributed by atoms with van der Waals surface area (Å²) in [7, 11) is 1.33. The lowest BCUT2D eigenvalue weighted by Gasteiger charge is -2.19. The number of hydrogen-bond acceptors (Lipinski definition) is 4. The number of H-pyrrole nitrogens is 1. The van der Waals surface area contributed by atoms with Crippen LogP contribution in [0.3, 0.4) is 0 Å². The summed E-state index contributed by atoms with van der Waals surface area (Å²) in [6.07, 6.45) is 2.28.